The van der Waals surface area contributed by atoms with Gasteiger partial charge in [-0.2, -0.15) is 0 Å². The van der Waals surface area contributed by atoms with Crippen LogP contribution >= 0.6 is 0 Å². The predicted molar refractivity (Wildman–Crippen MR) is 80.9 cm³/mol. The maximum atomic E-state index is 2.32. The van der Waals surface area contributed by atoms with Crippen LogP contribution in [0.25, 0.3) is 22.6 Å². The van der Waals surface area contributed by atoms with Crippen LogP contribution in [0.4, 0.5) is 0 Å². The normalized spacial score (nSPS) is 13.6. The fraction of sp³-hybridized carbons (Fsp3) is 0.111. The molecule has 0 saturated carbocycles. The van der Waals surface area contributed by atoms with E-state index in [1.54, 1.807) is 0 Å². The summed E-state index contributed by atoms with van der Waals surface area (Å²) in [5.74, 6) is 0. The Morgan fingerprint density at radius 2 is 1.74 bits per heavy atom. The molecule has 0 saturated heterocycles. The SMILES string of the molecule is Cn1c(C2=Cc3ccccc3C2)cc2ccccc21. The molecule has 1 aliphatic carbocycles. The number of rotatable bonds is 1. The second-order valence-corrected chi connectivity index (χ2v) is 5.19. The van der Waals surface area contributed by atoms with E-state index in [4.69, 9.17) is 0 Å². The number of aryl methyl sites for hydroxylation is 1. The lowest BCUT2D eigenvalue weighted by atomic mass is 10.1. The molecule has 0 N–H and O–H groups in total. The number of fused-ring (bicyclic) bond motifs is 2. The smallest absolute Gasteiger partial charge is 0.0482 e. The van der Waals surface area contributed by atoms with Crippen molar-refractivity contribution in [3.63, 3.8) is 0 Å². The fourth-order valence-electron chi connectivity index (χ4n) is 3.04. The van der Waals surface area contributed by atoms with Gasteiger partial charge in [-0.15, -0.1) is 0 Å². The average molecular weight is 245 g/mol. The highest BCUT2D eigenvalue weighted by Gasteiger charge is 2.16. The third kappa shape index (κ3) is 1.55. The lowest BCUT2D eigenvalue weighted by Gasteiger charge is -2.05. The van der Waals surface area contributed by atoms with Crippen LogP contribution in [0.15, 0.2) is 54.6 Å². The van der Waals surface area contributed by atoms with Crippen molar-refractivity contribution in [3.8, 4) is 0 Å². The quantitative estimate of drug-likeness (QED) is 0.603. The summed E-state index contributed by atoms with van der Waals surface area (Å²) in [5.41, 5.74) is 6.84. The summed E-state index contributed by atoms with van der Waals surface area (Å²) in [4.78, 5) is 0. The number of benzene rings is 2. The molecule has 92 valence electrons. The first-order valence-electron chi connectivity index (χ1n) is 6.66. The molecule has 0 amide bonds. The maximum absolute atomic E-state index is 2.32. The molecule has 0 aliphatic heterocycles. The fourth-order valence-corrected chi connectivity index (χ4v) is 3.04. The lowest BCUT2D eigenvalue weighted by molar-refractivity contribution is 0.943. The first kappa shape index (κ1) is 10.6. The Hall–Kier alpha value is -2.28. The van der Waals surface area contributed by atoms with Crippen LogP contribution < -0.4 is 0 Å². The van der Waals surface area contributed by atoms with Crippen molar-refractivity contribution < 1.29 is 0 Å². The standard InChI is InChI=1S/C18H15N/c1-19-17-9-5-4-8-15(17)12-18(19)16-10-13-6-2-3-7-14(13)11-16/h2-10,12H,11H2,1H3. The minimum absolute atomic E-state index is 1.04. The Morgan fingerprint density at radius 3 is 2.58 bits per heavy atom. The molecule has 1 nitrogen and oxygen atoms in total. The molecule has 4 rings (SSSR count). The van der Waals surface area contributed by atoms with E-state index in [2.05, 4.69) is 72.3 Å². The van der Waals surface area contributed by atoms with Crippen LogP contribution in [-0.4, -0.2) is 4.57 Å². The van der Waals surface area contributed by atoms with Crippen LogP contribution in [0.1, 0.15) is 16.8 Å². The van der Waals surface area contributed by atoms with Crippen molar-refractivity contribution in [2.75, 3.05) is 0 Å². The minimum Gasteiger partial charge on any atom is -0.344 e. The lowest BCUT2D eigenvalue weighted by Crippen LogP contribution is -1.95. The summed E-state index contributed by atoms with van der Waals surface area (Å²) in [5, 5.41) is 1.32. The van der Waals surface area contributed by atoms with E-state index in [1.165, 1.54) is 33.3 Å². The highest BCUT2D eigenvalue weighted by molar-refractivity contribution is 5.93. The van der Waals surface area contributed by atoms with Gasteiger partial charge in [-0.25, -0.2) is 0 Å². The molecule has 0 unspecified atom stereocenters. The molecule has 0 fully saturated rings. The minimum atomic E-state index is 1.04. The van der Waals surface area contributed by atoms with E-state index >= 15 is 0 Å². The van der Waals surface area contributed by atoms with E-state index < -0.39 is 0 Å². The Balaban J connectivity index is 1.87. The van der Waals surface area contributed by atoms with E-state index in [1.807, 2.05) is 0 Å². The number of hydrogen-bond acceptors (Lipinski definition) is 0. The van der Waals surface area contributed by atoms with Crippen LogP contribution in [-0.2, 0) is 13.5 Å². The number of nitrogens with zero attached hydrogens (tertiary/aromatic N) is 1. The van der Waals surface area contributed by atoms with Gasteiger partial charge in [0.15, 0.2) is 0 Å². The van der Waals surface area contributed by atoms with E-state index in [-0.39, 0.29) is 0 Å². The topological polar surface area (TPSA) is 4.93 Å². The van der Waals surface area contributed by atoms with Gasteiger partial charge in [0, 0.05) is 30.1 Å². The summed E-state index contributed by atoms with van der Waals surface area (Å²) in [7, 11) is 2.15. The first-order chi connectivity index (χ1) is 9.33. The number of hydrogen-bond donors (Lipinski definition) is 0. The second-order valence-electron chi connectivity index (χ2n) is 5.19. The molecular weight excluding hydrogens is 230 g/mol. The molecule has 3 aromatic rings. The van der Waals surface area contributed by atoms with Crippen molar-refractivity contribution in [1.29, 1.82) is 0 Å². The van der Waals surface area contributed by atoms with Gasteiger partial charge < -0.3 is 4.57 Å². The van der Waals surface area contributed by atoms with Crippen molar-refractivity contribution in [1.82, 2.24) is 4.57 Å². The number of para-hydroxylation sites is 1. The molecule has 1 aromatic heterocycles. The molecule has 0 radical (unpaired) electrons. The summed E-state index contributed by atoms with van der Waals surface area (Å²) in [6.07, 6.45) is 3.36. The molecule has 19 heavy (non-hydrogen) atoms. The van der Waals surface area contributed by atoms with Crippen LogP contribution in [0.5, 0.6) is 0 Å². The van der Waals surface area contributed by atoms with E-state index in [0.29, 0.717) is 0 Å². The van der Waals surface area contributed by atoms with Crippen LogP contribution in [0.2, 0.25) is 0 Å². The monoisotopic (exact) mass is 245 g/mol. The number of allylic oxidation sites excluding steroid dienone is 1. The van der Waals surface area contributed by atoms with Gasteiger partial charge in [-0.05, 0) is 34.9 Å². The summed E-state index contributed by atoms with van der Waals surface area (Å²) in [6, 6.07) is 19.5. The maximum Gasteiger partial charge on any atom is 0.0482 e. The van der Waals surface area contributed by atoms with Gasteiger partial charge in [0.05, 0.1) is 0 Å². The zero-order valence-corrected chi connectivity index (χ0v) is 10.9. The van der Waals surface area contributed by atoms with Crippen molar-refractivity contribution in [2.24, 2.45) is 7.05 Å². The third-order valence-electron chi connectivity index (χ3n) is 4.05. The van der Waals surface area contributed by atoms with Crippen molar-refractivity contribution >= 4 is 22.6 Å². The third-order valence-corrected chi connectivity index (χ3v) is 4.05. The molecule has 0 spiro atoms. The van der Waals surface area contributed by atoms with Gasteiger partial charge >= 0.3 is 0 Å². The van der Waals surface area contributed by atoms with Gasteiger partial charge in [0.1, 0.15) is 0 Å². The largest absolute Gasteiger partial charge is 0.344 e. The van der Waals surface area contributed by atoms with Gasteiger partial charge in [0.2, 0.25) is 0 Å². The zero-order valence-electron chi connectivity index (χ0n) is 10.9. The second kappa shape index (κ2) is 3.86. The van der Waals surface area contributed by atoms with Crippen LogP contribution in [0.3, 0.4) is 0 Å². The van der Waals surface area contributed by atoms with Crippen LogP contribution in [0, 0.1) is 0 Å². The highest BCUT2D eigenvalue weighted by atomic mass is 14.9. The Bertz CT molecular complexity index is 805. The molecule has 0 bridgehead atoms. The Morgan fingerprint density at radius 1 is 0.947 bits per heavy atom. The van der Waals surface area contributed by atoms with Gasteiger partial charge in [0.25, 0.3) is 0 Å². The van der Waals surface area contributed by atoms with Gasteiger partial charge in [-0.1, -0.05) is 42.5 Å². The Kier molecular flexibility index (Phi) is 2.16. The molecule has 0 atom stereocenters. The highest BCUT2D eigenvalue weighted by Crippen LogP contribution is 2.33. The molecule has 1 heteroatoms. The molecule has 1 heterocycles. The zero-order chi connectivity index (χ0) is 12.8. The predicted octanol–water partition coefficient (Wildman–Crippen LogP) is 4.28. The first-order valence-corrected chi connectivity index (χ1v) is 6.66. The summed E-state index contributed by atoms with van der Waals surface area (Å²) >= 11 is 0. The average Bonchev–Trinajstić information content (AvgIpc) is 3.00. The summed E-state index contributed by atoms with van der Waals surface area (Å²) < 4.78 is 2.30. The molecular formula is C18H15N. The summed E-state index contributed by atoms with van der Waals surface area (Å²) in [6.45, 7) is 0. The van der Waals surface area contributed by atoms with Crippen molar-refractivity contribution in [3.05, 3.63) is 71.4 Å². The van der Waals surface area contributed by atoms with E-state index in [9.17, 15) is 0 Å². The number of aromatic nitrogens is 1. The molecule has 2 aromatic carbocycles. The molecule has 1 aliphatic rings. The van der Waals surface area contributed by atoms with E-state index in [0.717, 1.165) is 6.42 Å². The van der Waals surface area contributed by atoms with Crippen molar-refractivity contribution in [2.45, 2.75) is 6.42 Å². The Labute approximate surface area is 112 Å². The van der Waals surface area contributed by atoms with Gasteiger partial charge in [-0.3, -0.25) is 0 Å².